The van der Waals surface area contributed by atoms with Crippen molar-refractivity contribution in [1.82, 2.24) is 5.43 Å². The van der Waals surface area contributed by atoms with E-state index in [4.69, 9.17) is 32.7 Å². The number of carbonyl (C=O) groups excluding carboxylic acids is 3. The maximum absolute atomic E-state index is 12.2. The van der Waals surface area contributed by atoms with Crippen molar-refractivity contribution in [2.24, 2.45) is 5.10 Å². The fraction of sp³-hybridized carbons (Fsp3) is 0.0833. The lowest BCUT2D eigenvalue weighted by molar-refractivity contribution is -0.136. The number of anilines is 2. The molecular weight excluding hydrogens is 575 g/mol. The molecule has 3 aromatic rings. The van der Waals surface area contributed by atoms with Gasteiger partial charge in [0, 0.05) is 10.2 Å². The molecule has 0 aliphatic rings. The molecule has 3 aromatic carbocycles. The summed E-state index contributed by atoms with van der Waals surface area (Å²) in [6.07, 6.45) is 1.31. The van der Waals surface area contributed by atoms with E-state index >= 15 is 0 Å². The van der Waals surface area contributed by atoms with Gasteiger partial charge in [0.1, 0.15) is 0 Å². The Morgan fingerprint density at radius 1 is 0.972 bits per heavy atom. The van der Waals surface area contributed by atoms with E-state index in [9.17, 15) is 14.4 Å². The number of amides is 3. The third kappa shape index (κ3) is 7.70. The summed E-state index contributed by atoms with van der Waals surface area (Å²) in [6, 6.07) is 16.6. The van der Waals surface area contributed by atoms with Crippen LogP contribution in [-0.4, -0.2) is 37.7 Å². The number of methoxy groups -OCH3 is 1. The van der Waals surface area contributed by atoms with Gasteiger partial charge in [-0.25, -0.2) is 5.43 Å². The van der Waals surface area contributed by atoms with E-state index in [1.54, 1.807) is 42.5 Å². The smallest absolute Gasteiger partial charge is 0.329 e. The van der Waals surface area contributed by atoms with Gasteiger partial charge in [-0.15, -0.1) is 0 Å². The number of benzene rings is 3. The number of hydrogen-bond donors (Lipinski definition) is 3. The summed E-state index contributed by atoms with van der Waals surface area (Å²) in [7, 11) is 1.44. The van der Waals surface area contributed by atoms with Gasteiger partial charge in [-0.05, 0) is 60.2 Å². The van der Waals surface area contributed by atoms with E-state index < -0.39 is 11.8 Å². The van der Waals surface area contributed by atoms with Crippen molar-refractivity contribution < 1.29 is 23.9 Å². The van der Waals surface area contributed by atoms with Gasteiger partial charge in [-0.1, -0.05) is 45.2 Å². The highest BCUT2D eigenvalue weighted by Crippen LogP contribution is 2.29. The fourth-order valence-electron chi connectivity index (χ4n) is 2.75. The lowest BCUT2D eigenvalue weighted by Crippen LogP contribution is -2.32. The molecule has 0 radical (unpaired) electrons. The number of nitrogens with zero attached hydrogens (tertiary/aromatic N) is 1. The van der Waals surface area contributed by atoms with Gasteiger partial charge in [-0.3, -0.25) is 14.4 Å². The Morgan fingerprint density at radius 2 is 1.72 bits per heavy atom. The van der Waals surface area contributed by atoms with Crippen LogP contribution in [0.3, 0.4) is 0 Å². The van der Waals surface area contributed by atoms with Crippen LogP contribution in [0.4, 0.5) is 11.4 Å². The van der Waals surface area contributed by atoms with Crippen LogP contribution in [0, 0.1) is 0 Å². The number of rotatable bonds is 8. The third-order valence-electron chi connectivity index (χ3n) is 4.46. The second-order valence-corrected chi connectivity index (χ2v) is 8.71. The first kappa shape index (κ1) is 27.0. The second kappa shape index (κ2) is 12.9. The topological polar surface area (TPSA) is 118 Å². The molecule has 3 N–H and O–H groups in total. The largest absolute Gasteiger partial charge is 0.493 e. The standard InChI is InChI=1S/C24H19BrCl2N4O5/c1-35-20-11-14(5-10-19(20)36-13-21(32)29-16-8-6-15(25)7-9-16)12-28-31-24(34)23(33)30-18-4-2-3-17(26)22(18)27/h2-12H,13H2,1H3,(H,29,32)(H,30,33)(H,31,34)/b28-12-. The number of halogens is 3. The number of ether oxygens (including phenoxy) is 2. The monoisotopic (exact) mass is 592 g/mol. The molecule has 36 heavy (non-hydrogen) atoms. The molecule has 0 unspecified atom stereocenters. The summed E-state index contributed by atoms with van der Waals surface area (Å²) >= 11 is 15.2. The Morgan fingerprint density at radius 3 is 2.44 bits per heavy atom. The highest BCUT2D eigenvalue weighted by molar-refractivity contribution is 9.10. The molecule has 0 aromatic heterocycles. The normalized spacial score (nSPS) is 10.6. The van der Waals surface area contributed by atoms with E-state index in [1.807, 2.05) is 12.1 Å². The Bertz CT molecular complexity index is 1300. The van der Waals surface area contributed by atoms with Gasteiger partial charge >= 0.3 is 11.8 Å². The Kier molecular flexibility index (Phi) is 9.69. The fourth-order valence-corrected chi connectivity index (χ4v) is 3.37. The van der Waals surface area contributed by atoms with Gasteiger partial charge in [0.15, 0.2) is 18.1 Å². The molecule has 3 rings (SSSR count). The van der Waals surface area contributed by atoms with Crippen LogP contribution in [-0.2, 0) is 14.4 Å². The van der Waals surface area contributed by atoms with Crippen molar-refractivity contribution in [3.05, 3.63) is 80.7 Å². The molecule has 12 heteroatoms. The minimum Gasteiger partial charge on any atom is -0.493 e. The Hall–Kier alpha value is -3.60. The molecule has 0 saturated heterocycles. The van der Waals surface area contributed by atoms with Crippen LogP contribution in [0.5, 0.6) is 11.5 Å². The molecule has 0 aliphatic carbocycles. The highest BCUT2D eigenvalue weighted by atomic mass is 79.9. The summed E-state index contributed by atoms with van der Waals surface area (Å²) in [5.41, 5.74) is 3.49. The molecule has 186 valence electrons. The molecular formula is C24H19BrCl2N4O5. The second-order valence-electron chi connectivity index (χ2n) is 7.01. The number of hydrazone groups is 1. The molecule has 9 nitrogen and oxygen atoms in total. The van der Waals surface area contributed by atoms with E-state index in [-0.39, 0.29) is 28.2 Å². The molecule has 0 fully saturated rings. The van der Waals surface area contributed by atoms with Crippen LogP contribution < -0.4 is 25.5 Å². The van der Waals surface area contributed by atoms with Crippen molar-refractivity contribution in [3.8, 4) is 11.5 Å². The lowest BCUT2D eigenvalue weighted by atomic mass is 10.2. The van der Waals surface area contributed by atoms with E-state index in [0.29, 0.717) is 22.7 Å². The number of carbonyl (C=O) groups is 3. The van der Waals surface area contributed by atoms with Gasteiger partial charge in [-0.2, -0.15) is 5.10 Å². The SMILES string of the molecule is COc1cc(/C=N\NC(=O)C(=O)Nc2cccc(Cl)c2Cl)ccc1OCC(=O)Nc1ccc(Br)cc1. The van der Waals surface area contributed by atoms with Crippen molar-refractivity contribution in [1.29, 1.82) is 0 Å². The quantitative estimate of drug-likeness (QED) is 0.196. The molecule has 0 atom stereocenters. The number of nitrogens with one attached hydrogen (secondary N) is 3. The third-order valence-corrected chi connectivity index (χ3v) is 5.81. The van der Waals surface area contributed by atoms with E-state index in [2.05, 4.69) is 37.1 Å². The van der Waals surface area contributed by atoms with Crippen LogP contribution in [0.2, 0.25) is 10.0 Å². The molecule has 3 amide bonds. The van der Waals surface area contributed by atoms with Crippen LogP contribution >= 0.6 is 39.1 Å². The maximum atomic E-state index is 12.2. The molecule has 0 saturated carbocycles. The van der Waals surface area contributed by atoms with Crippen molar-refractivity contribution >= 4 is 74.4 Å². The van der Waals surface area contributed by atoms with Crippen molar-refractivity contribution in [3.63, 3.8) is 0 Å². The zero-order valence-corrected chi connectivity index (χ0v) is 21.8. The molecule has 0 aliphatic heterocycles. The minimum absolute atomic E-state index is 0.115. The Labute approximate surface area is 224 Å². The summed E-state index contributed by atoms with van der Waals surface area (Å²) in [4.78, 5) is 36.2. The predicted molar refractivity (Wildman–Crippen MR) is 142 cm³/mol. The zero-order valence-electron chi connectivity index (χ0n) is 18.7. The summed E-state index contributed by atoms with van der Waals surface area (Å²) in [5, 5.41) is 9.20. The van der Waals surface area contributed by atoms with E-state index in [1.165, 1.54) is 19.4 Å². The first-order valence-corrected chi connectivity index (χ1v) is 11.8. The first-order chi connectivity index (χ1) is 17.3. The summed E-state index contributed by atoms with van der Waals surface area (Å²) < 4.78 is 11.8. The van der Waals surface area contributed by atoms with E-state index in [0.717, 1.165) is 4.47 Å². The van der Waals surface area contributed by atoms with Crippen LogP contribution in [0.25, 0.3) is 0 Å². The maximum Gasteiger partial charge on any atom is 0.329 e. The van der Waals surface area contributed by atoms with Crippen LogP contribution in [0.15, 0.2) is 70.2 Å². The van der Waals surface area contributed by atoms with Crippen LogP contribution in [0.1, 0.15) is 5.56 Å². The predicted octanol–water partition coefficient (Wildman–Crippen LogP) is 4.87. The van der Waals surface area contributed by atoms with Gasteiger partial charge < -0.3 is 20.1 Å². The molecule has 0 heterocycles. The lowest BCUT2D eigenvalue weighted by Gasteiger charge is -2.11. The Balaban J connectivity index is 1.53. The minimum atomic E-state index is -1.01. The average Bonchev–Trinajstić information content (AvgIpc) is 2.87. The first-order valence-electron chi connectivity index (χ1n) is 10.2. The summed E-state index contributed by atoms with van der Waals surface area (Å²) in [6.45, 7) is -0.234. The van der Waals surface area contributed by atoms with Gasteiger partial charge in [0.25, 0.3) is 5.91 Å². The number of hydrogen-bond acceptors (Lipinski definition) is 6. The molecule has 0 bridgehead atoms. The van der Waals surface area contributed by atoms with Gasteiger partial charge in [0.2, 0.25) is 0 Å². The highest BCUT2D eigenvalue weighted by Gasteiger charge is 2.15. The average molecular weight is 594 g/mol. The van der Waals surface area contributed by atoms with Gasteiger partial charge in [0.05, 0.1) is 29.1 Å². The molecule has 0 spiro atoms. The zero-order chi connectivity index (χ0) is 26.1. The van der Waals surface area contributed by atoms with Crippen molar-refractivity contribution in [2.45, 2.75) is 0 Å². The summed E-state index contributed by atoms with van der Waals surface area (Å²) in [5.74, 6) is -1.65. The van der Waals surface area contributed by atoms with Crippen molar-refractivity contribution in [2.75, 3.05) is 24.4 Å².